The lowest BCUT2D eigenvalue weighted by Crippen LogP contribution is -2.37. The SMILES string of the molecule is C=CCC(NC(=O)C1CCCOC1)c1cccc(C)c1. The van der Waals surface area contributed by atoms with Crippen molar-refractivity contribution in [3.8, 4) is 0 Å². The summed E-state index contributed by atoms with van der Waals surface area (Å²) in [5, 5.41) is 3.14. The predicted octanol–water partition coefficient (Wildman–Crippen LogP) is 3.16. The van der Waals surface area contributed by atoms with Gasteiger partial charge in [0.05, 0.1) is 18.6 Å². The molecule has 0 aliphatic carbocycles. The van der Waals surface area contributed by atoms with Gasteiger partial charge in [0.2, 0.25) is 5.91 Å². The molecule has 1 heterocycles. The largest absolute Gasteiger partial charge is 0.381 e. The fraction of sp³-hybridized carbons (Fsp3) is 0.471. The Morgan fingerprint density at radius 1 is 1.60 bits per heavy atom. The lowest BCUT2D eigenvalue weighted by Gasteiger charge is -2.25. The third kappa shape index (κ3) is 3.94. The number of nitrogens with one attached hydrogen (secondary N) is 1. The van der Waals surface area contributed by atoms with Crippen LogP contribution in [0.5, 0.6) is 0 Å². The molecule has 2 unspecified atom stereocenters. The van der Waals surface area contributed by atoms with E-state index in [0.29, 0.717) is 6.61 Å². The van der Waals surface area contributed by atoms with E-state index >= 15 is 0 Å². The second-order valence-electron chi connectivity index (χ2n) is 5.41. The Morgan fingerprint density at radius 3 is 3.10 bits per heavy atom. The number of hydrogen-bond donors (Lipinski definition) is 1. The molecule has 2 rings (SSSR count). The summed E-state index contributed by atoms with van der Waals surface area (Å²) >= 11 is 0. The van der Waals surface area contributed by atoms with E-state index < -0.39 is 0 Å². The first kappa shape index (κ1) is 14.8. The second kappa shape index (κ2) is 7.25. The van der Waals surface area contributed by atoms with E-state index in [-0.39, 0.29) is 17.9 Å². The lowest BCUT2D eigenvalue weighted by molar-refractivity contribution is -0.129. The van der Waals surface area contributed by atoms with E-state index in [9.17, 15) is 4.79 Å². The van der Waals surface area contributed by atoms with Crippen molar-refractivity contribution in [2.24, 2.45) is 5.92 Å². The van der Waals surface area contributed by atoms with Crippen molar-refractivity contribution in [3.63, 3.8) is 0 Å². The Bertz CT molecular complexity index is 464. The summed E-state index contributed by atoms with van der Waals surface area (Å²) in [6, 6.07) is 8.26. The summed E-state index contributed by atoms with van der Waals surface area (Å²) in [4.78, 5) is 12.3. The Hall–Kier alpha value is -1.61. The van der Waals surface area contributed by atoms with Crippen molar-refractivity contribution in [1.82, 2.24) is 5.32 Å². The Morgan fingerprint density at radius 2 is 2.45 bits per heavy atom. The van der Waals surface area contributed by atoms with E-state index in [2.05, 4.69) is 37.0 Å². The number of benzene rings is 1. The molecule has 0 spiro atoms. The minimum Gasteiger partial charge on any atom is -0.381 e. The van der Waals surface area contributed by atoms with Gasteiger partial charge in [0.25, 0.3) is 0 Å². The third-order valence-corrected chi connectivity index (χ3v) is 3.69. The average molecular weight is 273 g/mol. The molecule has 1 aliphatic rings. The van der Waals surface area contributed by atoms with Gasteiger partial charge in [-0.1, -0.05) is 35.9 Å². The minimum atomic E-state index is -0.0131. The zero-order chi connectivity index (χ0) is 14.4. The zero-order valence-corrected chi connectivity index (χ0v) is 12.1. The summed E-state index contributed by atoms with van der Waals surface area (Å²) in [7, 11) is 0. The highest BCUT2D eigenvalue weighted by atomic mass is 16.5. The maximum absolute atomic E-state index is 12.3. The van der Waals surface area contributed by atoms with Crippen LogP contribution in [-0.4, -0.2) is 19.1 Å². The lowest BCUT2D eigenvalue weighted by atomic mass is 9.98. The molecule has 0 bridgehead atoms. The van der Waals surface area contributed by atoms with Crippen LogP contribution in [0.3, 0.4) is 0 Å². The van der Waals surface area contributed by atoms with Gasteiger partial charge < -0.3 is 10.1 Å². The highest BCUT2D eigenvalue weighted by Gasteiger charge is 2.24. The van der Waals surface area contributed by atoms with Gasteiger partial charge in [-0.3, -0.25) is 4.79 Å². The van der Waals surface area contributed by atoms with Gasteiger partial charge in [-0.05, 0) is 31.7 Å². The number of rotatable bonds is 5. The van der Waals surface area contributed by atoms with Gasteiger partial charge in [0, 0.05) is 6.61 Å². The Labute approximate surface area is 121 Å². The summed E-state index contributed by atoms with van der Waals surface area (Å²) in [5.74, 6) is 0.0823. The van der Waals surface area contributed by atoms with Crippen LogP contribution in [0.25, 0.3) is 0 Å². The van der Waals surface area contributed by atoms with Crippen LogP contribution in [0.1, 0.15) is 36.4 Å². The van der Waals surface area contributed by atoms with Crippen LogP contribution >= 0.6 is 0 Å². The molecule has 108 valence electrons. The topological polar surface area (TPSA) is 38.3 Å². The number of amides is 1. The fourth-order valence-corrected chi connectivity index (χ4v) is 2.57. The molecule has 20 heavy (non-hydrogen) atoms. The molecule has 1 saturated heterocycles. The predicted molar refractivity (Wildman–Crippen MR) is 80.4 cm³/mol. The first-order valence-electron chi connectivity index (χ1n) is 7.26. The molecule has 1 N–H and O–H groups in total. The molecular formula is C17H23NO2. The summed E-state index contributed by atoms with van der Waals surface area (Å²) in [6.07, 6.45) is 4.47. The van der Waals surface area contributed by atoms with Crippen molar-refractivity contribution in [1.29, 1.82) is 0 Å². The molecule has 1 amide bonds. The number of hydrogen-bond acceptors (Lipinski definition) is 2. The van der Waals surface area contributed by atoms with Crippen molar-refractivity contribution < 1.29 is 9.53 Å². The number of aryl methyl sites for hydroxylation is 1. The molecule has 3 nitrogen and oxygen atoms in total. The van der Waals surface area contributed by atoms with Crippen molar-refractivity contribution >= 4 is 5.91 Å². The Balaban J connectivity index is 2.04. The van der Waals surface area contributed by atoms with Gasteiger partial charge in [-0.15, -0.1) is 6.58 Å². The Kier molecular flexibility index (Phi) is 5.36. The fourth-order valence-electron chi connectivity index (χ4n) is 2.57. The third-order valence-electron chi connectivity index (χ3n) is 3.69. The molecule has 0 aromatic heterocycles. The van der Waals surface area contributed by atoms with E-state index in [4.69, 9.17) is 4.74 Å². The monoisotopic (exact) mass is 273 g/mol. The van der Waals surface area contributed by atoms with Crippen molar-refractivity contribution in [2.75, 3.05) is 13.2 Å². The molecule has 1 aromatic rings. The minimum absolute atomic E-state index is 0.00169. The molecule has 2 atom stereocenters. The first-order chi connectivity index (χ1) is 9.70. The van der Waals surface area contributed by atoms with E-state index in [0.717, 1.165) is 31.4 Å². The molecule has 1 fully saturated rings. The zero-order valence-electron chi connectivity index (χ0n) is 12.1. The second-order valence-corrected chi connectivity index (χ2v) is 5.41. The smallest absolute Gasteiger partial charge is 0.225 e. The van der Waals surface area contributed by atoms with Gasteiger partial charge in [0.1, 0.15) is 0 Å². The number of carbonyl (C=O) groups is 1. The van der Waals surface area contributed by atoms with Crippen molar-refractivity contribution in [2.45, 2.75) is 32.2 Å². The standard InChI is InChI=1S/C17H23NO2/c1-3-6-16(14-8-4-7-13(2)11-14)18-17(19)15-9-5-10-20-12-15/h3-4,7-8,11,15-16H,1,5-6,9-10,12H2,2H3,(H,18,19). The molecule has 0 saturated carbocycles. The summed E-state index contributed by atoms with van der Waals surface area (Å²) < 4.78 is 5.39. The number of carbonyl (C=O) groups excluding carboxylic acids is 1. The summed E-state index contributed by atoms with van der Waals surface area (Å²) in [6.45, 7) is 7.17. The maximum atomic E-state index is 12.3. The van der Waals surface area contributed by atoms with Crippen LogP contribution in [0, 0.1) is 12.8 Å². The van der Waals surface area contributed by atoms with Crippen molar-refractivity contribution in [3.05, 3.63) is 48.0 Å². The highest BCUT2D eigenvalue weighted by molar-refractivity contribution is 5.79. The van der Waals surface area contributed by atoms with Crippen LogP contribution in [0.15, 0.2) is 36.9 Å². The van der Waals surface area contributed by atoms with Gasteiger partial charge in [0.15, 0.2) is 0 Å². The van der Waals surface area contributed by atoms with Gasteiger partial charge >= 0.3 is 0 Å². The van der Waals surface area contributed by atoms with Crippen LogP contribution in [-0.2, 0) is 9.53 Å². The highest BCUT2D eigenvalue weighted by Crippen LogP contribution is 2.21. The molecule has 3 heteroatoms. The normalized spacial score (nSPS) is 20.1. The van der Waals surface area contributed by atoms with E-state index in [1.54, 1.807) is 0 Å². The maximum Gasteiger partial charge on any atom is 0.225 e. The van der Waals surface area contributed by atoms with Crippen LogP contribution in [0.2, 0.25) is 0 Å². The number of ether oxygens (including phenoxy) is 1. The molecule has 1 aliphatic heterocycles. The van der Waals surface area contributed by atoms with Gasteiger partial charge in [-0.25, -0.2) is 0 Å². The quantitative estimate of drug-likeness (QED) is 0.837. The first-order valence-corrected chi connectivity index (χ1v) is 7.26. The molecule has 1 aromatic carbocycles. The average Bonchev–Trinajstić information content (AvgIpc) is 2.47. The molecule has 0 radical (unpaired) electrons. The van der Waals surface area contributed by atoms with Gasteiger partial charge in [-0.2, -0.15) is 0 Å². The van der Waals surface area contributed by atoms with Crippen LogP contribution in [0.4, 0.5) is 0 Å². The summed E-state index contributed by atoms with van der Waals surface area (Å²) in [5.41, 5.74) is 2.33. The molecular weight excluding hydrogens is 250 g/mol. The van der Waals surface area contributed by atoms with Crippen LogP contribution < -0.4 is 5.32 Å². The van der Waals surface area contributed by atoms with E-state index in [1.807, 2.05) is 12.1 Å². The van der Waals surface area contributed by atoms with E-state index in [1.165, 1.54) is 5.56 Å².